The van der Waals surface area contributed by atoms with Crippen LogP contribution in [0.3, 0.4) is 0 Å². The molecule has 1 saturated heterocycles. The van der Waals surface area contributed by atoms with Crippen LogP contribution in [0.5, 0.6) is 0 Å². The molecular formula is C16H25ClN2O. The van der Waals surface area contributed by atoms with E-state index in [4.69, 9.17) is 16.3 Å². The summed E-state index contributed by atoms with van der Waals surface area (Å²) in [5.74, 6) is 0.661. The Morgan fingerprint density at radius 1 is 1.55 bits per heavy atom. The molecule has 2 rings (SSSR count). The van der Waals surface area contributed by atoms with Gasteiger partial charge in [0.2, 0.25) is 0 Å². The van der Waals surface area contributed by atoms with Crippen LogP contribution in [0.15, 0.2) is 18.5 Å². The third-order valence-corrected chi connectivity index (χ3v) is 4.60. The fraction of sp³-hybridized carbons (Fsp3) is 0.688. The molecule has 1 aromatic heterocycles. The van der Waals surface area contributed by atoms with Crippen LogP contribution in [-0.2, 0) is 11.2 Å². The van der Waals surface area contributed by atoms with Crippen LogP contribution >= 0.6 is 11.6 Å². The standard InChI is InChI=1S/C16H25ClN2O/c1-12(2)9-19-11-16(5-7-20-13(16)3)8-14-4-6-18-10-15(14)17/h4,6,10,12-13,19H,5,7-9,11H2,1-3H3. The van der Waals surface area contributed by atoms with Gasteiger partial charge in [0.15, 0.2) is 0 Å². The smallest absolute Gasteiger partial charge is 0.0621 e. The quantitative estimate of drug-likeness (QED) is 0.874. The van der Waals surface area contributed by atoms with Crippen molar-refractivity contribution in [1.29, 1.82) is 0 Å². The lowest BCUT2D eigenvalue weighted by Crippen LogP contribution is -2.42. The largest absolute Gasteiger partial charge is 0.378 e. The second-order valence-corrected chi connectivity index (χ2v) is 6.70. The number of nitrogens with one attached hydrogen (secondary N) is 1. The Labute approximate surface area is 127 Å². The minimum Gasteiger partial charge on any atom is -0.378 e. The summed E-state index contributed by atoms with van der Waals surface area (Å²) in [5.41, 5.74) is 1.31. The maximum Gasteiger partial charge on any atom is 0.0621 e. The zero-order valence-electron chi connectivity index (χ0n) is 12.7. The molecular weight excluding hydrogens is 272 g/mol. The fourth-order valence-corrected chi connectivity index (χ4v) is 3.07. The molecule has 0 amide bonds. The molecule has 1 aromatic rings. The molecule has 0 radical (unpaired) electrons. The van der Waals surface area contributed by atoms with Gasteiger partial charge in [-0.2, -0.15) is 0 Å². The highest BCUT2D eigenvalue weighted by Gasteiger charge is 2.41. The van der Waals surface area contributed by atoms with Crippen molar-refractivity contribution < 1.29 is 4.74 Å². The molecule has 1 aliphatic heterocycles. The number of hydrogen-bond donors (Lipinski definition) is 1. The first-order valence-electron chi connectivity index (χ1n) is 7.44. The molecule has 0 bridgehead atoms. The van der Waals surface area contributed by atoms with Crippen molar-refractivity contribution in [1.82, 2.24) is 10.3 Å². The van der Waals surface area contributed by atoms with E-state index in [0.717, 1.165) is 37.6 Å². The Morgan fingerprint density at radius 3 is 2.95 bits per heavy atom. The van der Waals surface area contributed by atoms with Gasteiger partial charge in [0.25, 0.3) is 0 Å². The van der Waals surface area contributed by atoms with Crippen molar-refractivity contribution in [2.24, 2.45) is 11.3 Å². The van der Waals surface area contributed by atoms with E-state index in [9.17, 15) is 0 Å². The highest BCUT2D eigenvalue weighted by molar-refractivity contribution is 6.31. The molecule has 2 heterocycles. The number of ether oxygens (including phenoxy) is 1. The molecule has 20 heavy (non-hydrogen) atoms. The van der Waals surface area contributed by atoms with E-state index >= 15 is 0 Å². The summed E-state index contributed by atoms with van der Waals surface area (Å²) in [7, 11) is 0. The van der Waals surface area contributed by atoms with Crippen LogP contribution in [0.4, 0.5) is 0 Å². The molecule has 0 saturated carbocycles. The Kier molecular flexibility index (Phi) is 5.42. The van der Waals surface area contributed by atoms with E-state index in [0.29, 0.717) is 5.92 Å². The minimum atomic E-state index is 0.139. The van der Waals surface area contributed by atoms with Gasteiger partial charge in [-0.05, 0) is 43.9 Å². The summed E-state index contributed by atoms with van der Waals surface area (Å²) < 4.78 is 5.84. The van der Waals surface area contributed by atoms with E-state index in [-0.39, 0.29) is 11.5 Å². The lowest BCUT2D eigenvalue weighted by Gasteiger charge is -2.33. The monoisotopic (exact) mass is 296 g/mol. The van der Waals surface area contributed by atoms with Crippen LogP contribution < -0.4 is 5.32 Å². The predicted octanol–water partition coefficient (Wildman–Crippen LogP) is 3.32. The first-order valence-corrected chi connectivity index (χ1v) is 7.82. The van der Waals surface area contributed by atoms with Crippen molar-refractivity contribution in [3.8, 4) is 0 Å². The van der Waals surface area contributed by atoms with Crippen LogP contribution in [0.1, 0.15) is 32.8 Å². The summed E-state index contributed by atoms with van der Waals surface area (Å²) in [6, 6.07) is 2.03. The molecule has 0 aliphatic carbocycles. The third kappa shape index (κ3) is 3.72. The Morgan fingerprint density at radius 2 is 2.35 bits per heavy atom. The lowest BCUT2D eigenvalue weighted by atomic mass is 9.76. The van der Waals surface area contributed by atoms with Gasteiger partial charge < -0.3 is 10.1 Å². The second kappa shape index (κ2) is 6.88. The fourth-order valence-electron chi connectivity index (χ4n) is 2.88. The van der Waals surface area contributed by atoms with Crippen molar-refractivity contribution in [3.05, 3.63) is 29.0 Å². The van der Waals surface area contributed by atoms with E-state index in [2.05, 4.69) is 31.1 Å². The van der Waals surface area contributed by atoms with Gasteiger partial charge in [0.1, 0.15) is 0 Å². The molecule has 1 N–H and O–H groups in total. The number of aromatic nitrogens is 1. The number of rotatable bonds is 6. The van der Waals surface area contributed by atoms with Crippen molar-refractivity contribution in [2.75, 3.05) is 19.7 Å². The van der Waals surface area contributed by atoms with Crippen LogP contribution in [0.25, 0.3) is 0 Å². The van der Waals surface area contributed by atoms with Gasteiger partial charge in [-0.1, -0.05) is 25.4 Å². The zero-order chi connectivity index (χ0) is 14.6. The van der Waals surface area contributed by atoms with Crippen molar-refractivity contribution in [2.45, 2.75) is 39.7 Å². The molecule has 1 fully saturated rings. The predicted molar refractivity (Wildman–Crippen MR) is 83.1 cm³/mol. The van der Waals surface area contributed by atoms with Gasteiger partial charge in [0.05, 0.1) is 11.1 Å². The molecule has 1 aliphatic rings. The van der Waals surface area contributed by atoms with Gasteiger partial charge in [-0.3, -0.25) is 4.98 Å². The third-order valence-electron chi connectivity index (χ3n) is 4.26. The molecule has 4 heteroatoms. The minimum absolute atomic E-state index is 0.139. The first-order chi connectivity index (χ1) is 9.53. The molecule has 0 aromatic carbocycles. The van der Waals surface area contributed by atoms with Crippen LogP contribution in [0, 0.1) is 11.3 Å². The maximum atomic E-state index is 6.27. The molecule has 3 nitrogen and oxygen atoms in total. The van der Waals surface area contributed by atoms with Gasteiger partial charge in [-0.25, -0.2) is 0 Å². The molecule has 2 unspecified atom stereocenters. The number of nitrogens with zero attached hydrogens (tertiary/aromatic N) is 1. The summed E-state index contributed by atoms with van der Waals surface area (Å²) in [4.78, 5) is 4.07. The summed E-state index contributed by atoms with van der Waals surface area (Å²) >= 11 is 6.27. The van der Waals surface area contributed by atoms with Gasteiger partial charge in [-0.15, -0.1) is 0 Å². The average molecular weight is 297 g/mol. The topological polar surface area (TPSA) is 34.2 Å². The van der Waals surface area contributed by atoms with E-state index in [1.807, 2.05) is 12.3 Å². The highest BCUT2D eigenvalue weighted by atomic mass is 35.5. The number of hydrogen-bond acceptors (Lipinski definition) is 3. The van der Waals surface area contributed by atoms with E-state index in [1.165, 1.54) is 5.56 Å². The lowest BCUT2D eigenvalue weighted by molar-refractivity contribution is 0.0627. The Balaban J connectivity index is 2.09. The average Bonchev–Trinajstić information content (AvgIpc) is 2.74. The number of halogens is 1. The van der Waals surface area contributed by atoms with Crippen molar-refractivity contribution >= 4 is 11.6 Å². The first kappa shape index (κ1) is 15.7. The van der Waals surface area contributed by atoms with Crippen LogP contribution in [0.2, 0.25) is 5.02 Å². The van der Waals surface area contributed by atoms with E-state index < -0.39 is 0 Å². The molecule has 112 valence electrons. The maximum absolute atomic E-state index is 6.27. The highest BCUT2D eigenvalue weighted by Crippen LogP contribution is 2.39. The van der Waals surface area contributed by atoms with Crippen molar-refractivity contribution in [3.63, 3.8) is 0 Å². The zero-order valence-corrected chi connectivity index (χ0v) is 13.4. The number of pyridine rings is 1. The van der Waals surface area contributed by atoms with E-state index in [1.54, 1.807) is 6.20 Å². The van der Waals surface area contributed by atoms with Crippen LogP contribution in [-0.4, -0.2) is 30.8 Å². The second-order valence-electron chi connectivity index (χ2n) is 6.29. The SMILES string of the molecule is CC(C)CNCC1(Cc2ccncc2Cl)CCOC1C. The molecule has 0 spiro atoms. The summed E-state index contributed by atoms with van der Waals surface area (Å²) in [6.07, 6.45) is 5.83. The Bertz CT molecular complexity index is 438. The van der Waals surface area contributed by atoms with Gasteiger partial charge in [0, 0.05) is 31.0 Å². The molecule has 2 atom stereocenters. The Hall–Kier alpha value is -0.640. The summed E-state index contributed by atoms with van der Waals surface area (Å²) in [6.45, 7) is 9.50. The van der Waals surface area contributed by atoms with Gasteiger partial charge >= 0.3 is 0 Å². The summed E-state index contributed by atoms with van der Waals surface area (Å²) in [5, 5.41) is 4.36. The normalized spacial score (nSPS) is 26.4.